The number of fused-ring (bicyclic) bond motifs is 4. The van der Waals surface area contributed by atoms with E-state index in [1.54, 1.807) is 6.07 Å². The average Bonchev–Trinajstić information content (AvgIpc) is 3.39. The first-order valence-electron chi connectivity index (χ1n) is 15.2. The number of hydrogen-bond acceptors (Lipinski definition) is 9. The number of pyridine rings is 1. The fourth-order valence-corrected chi connectivity index (χ4v) is 7.58. The molecule has 4 aliphatic heterocycles. The van der Waals surface area contributed by atoms with Crippen molar-refractivity contribution in [2.24, 2.45) is 0 Å². The molecule has 0 saturated carbocycles. The number of aromatic nitrogens is 3. The fraction of sp³-hybridized carbons (Fsp3) is 0.469. The van der Waals surface area contributed by atoms with Gasteiger partial charge in [-0.2, -0.15) is 9.97 Å². The summed E-state index contributed by atoms with van der Waals surface area (Å²) < 4.78 is 59.0. The Morgan fingerprint density at radius 1 is 1.09 bits per heavy atom. The Kier molecular flexibility index (Phi) is 6.49. The SMILES string of the molecule is CN1CC[C@@H]2COc3nc(-c4cc(O)cc5cccc(F)c45)c(F)c4nc(OC[C@@]56CCCN5C[C@H](F)C6)nc(c34)N2CC1. The molecule has 0 spiro atoms. The number of rotatable bonds is 4. The molecule has 1 N–H and O–H groups in total. The molecule has 6 heterocycles. The Bertz CT molecular complexity index is 1790. The second kappa shape index (κ2) is 10.3. The first-order valence-corrected chi connectivity index (χ1v) is 15.2. The van der Waals surface area contributed by atoms with E-state index >= 15 is 8.78 Å². The minimum Gasteiger partial charge on any atom is -0.508 e. The molecular weight excluding hydrogens is 573 g/mol. The summed E-state index contributed by atoms with van der Waals surface area (Å²) in [5, 5.41) is 11.4. The maximum absolute atomic E-state index is 16.8. The minimum absolute atomic E-state index is 0.0109. The lowest BCUT2D eigenvalue weighted by molar-refractivity contribution is 0.107. The molecule has 3 saturated heterocycles. The zero-order valence-electron chi connectivity index (χ0n) is 24.4. The van der Waals surface area contributed by atoms with Crippen molar-refractivity contribution in [2.75, 3.05) is 57.9 Å². The van der Waals surface area contributed by atoms with Gasteiger partial charge in [-0.1, -0.05) is 12.1 Å². The summed E-state index contributed by atoms with van der Waals surface area (Å²) in [5.41, 5.74) is -0.608. The van der Waals surface area contributed by atoms with Gasteiger partial charge < -0.3 is 24.4 Å². The number of alkyl halides is 1. The van der Waals surface area contributed by atoms with Crippen LogP contribution < -0.4 is 14.4 Å². The molecular formula is C32H33F3N6O3. The van der Waals surface area contributed by atoms with Crippen molar-refractivity contribution in [1.29, 1.82) is 0 Å². The van der Waals surface area contributed by atoms with Crippen molar-refractivity contribution in [1.82, 2.24) is 24.8 Å². The van der Waals surface area contributed by atoms with Crippen molar-refractivity contribution in [3.8, 4) is 28.9 Å². The van der Waals surface area contributed by atoms with Crippen molar-refractivity contribution in [3.05, 3.63) is 42.0 Å². The largest absolute Gasteiger partial charge is 0.508 e. The zero-order chi connectivity index (χ0) is 30.2. The quantitative estimate of drug-likeness (QED) is 0.356. The number of anilines is 1. The highest BCUT2D eigenvalue weighted by Crippen LogP contribution is 2.44. The molecule has 230 valence electrons. The van der Waals surface area contributed by atoms with Crippen LogP contribution in [0.15, 0.2) is 30.3 Å². The number of ether oxygens (including phenoxy) is 2. The van der Waals surface area contributed by atoms with E-state index in [2.05, 4.69) is 31.7 Å². The summed E-state index contributed by atoms with van der Waals surface area (Å²) in [6.07, 6.45) is 2.02. The molecule has 2 aromatic carbocycles. The standard InChI is InChI=1S/C32H33F3N6O3/c1-39-9-6-20-16-43-30-25-28(26(35)27(36-30)22-13-21(42)12-18-4-2-5-23(34)24(18)22)37-31(38-29(25)41(20)11-10-39)44-17-32-7-3-8-40(32)15-19(33)14-32/h2,4-5,12-13,19-20,42H,3,6-11,14-17H2,1H3/t19-,20-,32+/m1/s1. The van der Waals surface area contributed by atoms with E-state index in [0.29, 0.717) is 42.7 Å². The topological polar surface area (TPSA) is 87.1 Å². The van der Waals surface area contributed by atoms with Gasteiger partial charge in [-0.05, 0) is 63.0 Å². The third kappa shape index (κ3) is 4.41. The smallest absolute Gasteiger partial charge is 0.319 e. The highest BCUT2D eigenvalue weighted by Gasteiger charge is 2.49. The Labute approximate surface area is 252 Å². The van der Waals surface area contributed by atoms with Crippen LogP contribution in [0.4, 0.5) is 19.0 Å². The number of hydrogen-bond donors (Lipinski definition) is 1. The van der Waals surface area contributed by atoms with E-state index in [4.69, 9.17) is 14.5 Å². The van der Waals surface area contributed by atoms with E-state index in [1.807, 2.05) is 0 Å². The van der Waals surface area contributed by atoms with Crippen molar-refractivity contribution < 1.29 is 27.8 Å². The number of phenolic OH excluding ortho intramolecular Hbond substituents is 1. The van der Waals surface area contributed by atoms with Gasteiger partial charge in [-0.3, -0.25) is 4.90 Å². The maximum Gasteiger partial charge on any atom is 0.319 e. The van der Waals surface area contributed by atoms with Gasteiger partial charge in [0.05, 0.1) is 11.6 Å². The van der Waals surface area contributed by atoms with E-state index in [-0.39, 0.29) is 52.4 Å². The van der Waals surface area contributed by atoms with Gasteiger partial charge in [-0.25, -0.2) is 18.2 Å². The van der Waals surface area contributed by atoms with Gasteiger partial charge in [-0.15, -0.1) is 0 Å². The lowest BCUT2D eigenvalue weighted by Gasteiger charge is -2.31. The van der Waals surface area contributed by atoms with Gasteiger partial charge in [0, 0.05) is 37.0 Å². The third-order valence-electron chi connectivity index (χ3n) is 9.80. The summed E-state index contributed by atoms with van der Waals surface area (Å²) >= 11 is 0. The van der Waals surface area contributed by atoms with Crippen LogP contribution in [0.5, 0.6) is 17.6 Å². The van der Waals surface area contributed by atoms with Crippen LogP contribution in [0.2, 0.25) is 0 Å². The van der Waals surface area contributed by atoms with E-state index in [9.17, 15) is 9.50 Å². The molecule has 9 nitrogen and oxygen atoms in total. The highest BCUT2D eigenvalue weighted by atomic mass is 19.1. The summed E-state index contributed by atoms with van der Waals surface area (Å²) in [4.78, 5) is 20.5. The third-order valence-corrected chi connectivity index (χ3v) is 9.80. The molecule has 44 heavy (non-hydrogen) atoms. The first-order chi connectivity index (χ1) is 21.3. The van der Waals surface area contributed by atoms with Crippen LogP contribution in [-0.4, -0.2) is 101 Å². The minimum atomic E-state index is -0.917. The normalized spacial score (nSPS) is 25.5. The monoisotopic (exact) mass is 606 g/mol. The molecule has 3 atom stereocenters. The van der Waals surface area contributed by atoms with Crippen LogP contribution in [0.3, 0.4) is 0 Å². The second-order valence-corrected chi connectivity index (χ2v) is 12.6. The average molecular weight is 607 g/mol. The molecule has 0 unspecified atom stereocenters. The maximum atomic E-state index is 16.8. The number of benzene rings is 2. The molecule has 0 amide bonds. The Morgan fingerprint density at radius 2 is 1.98 bits per heavy atom. The molecule has 0 aliphatic carbocycles. The molecule has 4 aliphatic rings. The summed E-state index contributed by atoms with van der Waals surface area (Å²) in [6, 6.07) is 7.12. The molecule has 12 heteroatoms. The van der Waals surface area contributed by atoms with E-state index < -0.39 is 23.3 Å². The lowest BCUT2D eigenvalue weighted by Crippen LogP contribution is -2.43. The van der Waals surface area contributed by atoms with Crippen LogP contribution in [0.25, 0.3) is 32.9 Å². The molecule has 4 aromatic rings. The summed E-state index contributed by atoms with van der Waals surface area (Å²) in [6.45, 7) is 3.93. The van der Waals surface area contributed by atoms with Crippen molar-refractivity contribution in [2.45, 2.75) is 43.4 Å². The van der Waals surface area contributed by atoms with Gasteiger partial charge in [0.25, 0.3) is 0 Å². The van der Waals surface area contributed by atoms with E-state index in [1.165, 1.54) is 24.3 Å². The van der Waals surface area contributed by atoms with Gasteiger partial charge in [0.1, 0.15) is 53.4 Å². The Morgan fingerprint density at radius 3 is 2.86 bits per heavy atom. The van der Waals surface area contributed by atoms with Crippen LogP contribution in [0.1, 0.15) is 25.7 Å². The van der Waals surface area contributed by atoms with Gasteiger partial charge in [0.15, 0.2) is 5.82 Å². The Balaban J connectivity index is 1.31. The van der Waals surface area contributed by atoms with Crippen LogP contribution >= 0.6 is 0 Å². The Hall–Kier alpha value is -3.90. The van der Waals surface area contributed by atoms with E-state index in [0.717, 1.165) is 38.9 Å². The van der Waals surface area contributed by atoms with Crippen molar-refractivity contribution in [3.63, 3.8) is 0 Å². The van der Waals surface area contributed by atoms with Crippen LogP contribution in [-0.2, 0) is 0 Å². The number of phenols is 1. The lowest BCUT2D eigenvalue weighted by atomic mass is 9.95. The summed E-state index contributed by atoms with van der Waals surface area (Å²) in [7, 11) is 2.06. The fourth-order valence-electron chi connectivity index (χ4n) is 7.58. The van der Waals surface area contributed by atoms with Gasteiger partial charge in [0.2, 0.25) is 5.88 Å². The molecule has 3 fully saturated rings. The molecule has 0 radical (unpaired) electrons. The van der Waals surface area contributed by atoms with Crippen LogP contribution in [0, 0.1) is 11.6 Å². The number of aromatic hydroxyl groups is 1. The number of likely N-dealkylation sites (N-methyl/N-ethyl adjacent to an activating group) is 1. The molecule has 8 rings (SSSR count). The predicted molar refractivity (Wildman–Crippen MR) is 159 cm³/mol. The predicted octanol–water partition coefficient (Wildman–Crippen LogP) is 4.69. The molecule has 2 aromatic heterocycles. The summed E-state index contributed by atoms with van der Waals surface area (Å²) in [5.74, 6) is -0.911. The zero-order valence-corrected chi connectivity index (χ0v) is 24.4. The second-order valence-electron chi connectivity index (χ2n) is 12.6. The van der Waals surface area contributed by atoms with Gasteiger partial charge >= 0.3 is 6.01 Å². The highest BCUT2D eigenvalue weighted by molar-refractivity contribution is 6.02. The van der Waals surface area contributed by atoms with Crippen molar-refractivity contribution >= 4 is 27.5 Å². The number of halogens is 3. The molecule has 0 bridgehead atoms. The first kappa shape index (κ1) is 27.6. The number of nitrogens with zero attached hydrogens (tertiary/aromatic N) is 6.